The Morgan fingerprint density at radius 1 is 0.615 bits per heavy atom. The lowest BCUT2D eigenvalue weighted by Gasteiger charge is -2.07. The van der Waals surface area contributed by atoms with Gasteiger partial charge >= 0.3 is 11.9 Å². The average molecular weight is 587 g/mol. The number of nitrogens with one attached hydrogen (secondary N) is 2. The van der Waals surface area contributed by atoms with E-state index in [1.807, 2.05) is 0 Å². The summed E-state index contributed by atoms with van der Waals surface area (Å²) in [5.41, 5.74) is 2.83. The maximum absolute atomic E-state index is 13.2. The summed E-state index contributed by atoms with van der Waals surface area (Å²) in [4.78, 5) is 54.5. The molecule has 39 heavy (non-hydrogen) atoms. The van der Waals surface area contributed by atoms with Gasteiger partial charge in [0.25, 0.3) is 11.8 Å². The number of carbonyl (C=O) groups is 4. The predicted octanol–water partition coefficient (Wildman–Crippen LogP) is 6.49. The number of amides is 2. The standard InChI is InChI=1S/C28H30N2O6S3/c1-35-27(33)21-15-9-5-3-7-11-17(15)38-25(21)29-23(31)19-13-14-20(37-19)24(32)30-26-22(28(34)36-2)16-10-6-4-8-12-18(16)39-26/h13-14H,3-12H2,1-2H3,(H,29,31)(H,30,32). The number of anilines is 2. The number of methoxy groups -OCH3 is 2. The number of hydrogen-bond acceptors (Lipinski definition) is 9. The van der Waals surface area contributed by atoms with E-state index < -0.39 is 23.8 Å². The quantitative estimate of drug-likeness (QED) is 0.252. The maximum atomic E-state index is 13.2. The normalized spacial score (nSPS) is 14.8. The number of fused-ring (bicyclic) bond motifs is 2. The van der Waals surface area contributed by atoms with Crippen LogP contribution < -0.4 is 10.6 Å². The van der Waals surface area contributed by atoms with Gasteiger partial charge in [-0.05, 0) is 74.6 Å². The van der Waals surface area contributed by atoms with Crippen LogP contribution >= 0.6 is 34.0 Å². The first kappa shape index (κ1) is 27.5. The highest BCUT2D eigenvalue weighted by atomic mass is 32.1. The topological polar surface area (TPSA) is 111 Å². The Morgan fingerprint density at radius 3 is 1.44 bits per heavy atom. The summed E-state index contributed by atoms with van der Waals surface area (Å²) < 4.78 is 10.1. The molecule has 0 aliphatic heterocycles. The van der Waals surface area contributed by atoms with Crippen LogP contribution in [0.1, 0.15) is 99.5 Å². The van der Waals surface area contributed by atoms with Gasteiger partial charge in [0.05, 0.1) is 35.1 Å². The second-order valence-corrected chi connectivity index (χ2v) is 12.9. The third kappa shape index (κ3) is 5.66. The second-order valence-electron chi connectivity index (χ2n) is 9.59. The van der Waals surface area contributed by atoms with Crippen molar-refractivity contribution in [3.8, 4) is 0 Å². The zero-order valence-electron chi connectivity index (χ0n) is 21.9. The summed E-state index contributed by atoms with van der Waals surface area (Å²) in [5, 5.41) is 6.75. The van der Waals surface area contributed by atoms with Crippen LogP contribution in [0, 0.1) is 0 Å². The van der Waals surface area contributed by atoms with E-state index in [-0.39, 0.29) is 0 Å². The highest BCUT2D eigenvalue weighted by Gasteiger charge is 2.29. The highest BCUT2D eigenvalue weighted by Crippen LogP contribution is 2.40. The van der Waals surface area contributed by atoms with Gasteiger partial charge in [-0.25, -0.2) is 9.59 Å². The number of esters is 2. The summed E-state index contributed by atoms with van der Waals surface area (Å²) in [5.74, 6) is -1.68. The number of thiophene rings is 3. The van der Waals surface area contributed by atoms with Gasteiger partial charge in [-0.15, -0.1) is 34.0 Å². The molecule has 2 aliphatic rings. The first-order valence-electron chi connectivity index (χ1n) is 13.1. The molecule has 206 valence electrons. The SMILES string of the molecule is COC(=O)c1c(NC(=O)c2ccc(C(=O)Nc3sc4c(c3C(=O)OC)CCCCC4)s2)sc2c1CCCCC2. The molecule has 2 N–H and O–H groups in total. The van der Waals surface area contributed by atoms with Crippen molar-refractivity contribution in [2.45, 2.75) is 64.2 Å². The second kappa shape index (κ2) is 12.0. The molecule has 0 atom stereocenters. The number of ether oxygens (including phenoxy) is 2. The summed E-state index contributed by atoms with van der Waals surface area (Å²) >= 11 is 3.91. The number of aryl methyl sites for hydroxylation is 2. The minimum Gasteiger partial charge on any atom is -0.465 e. The van der Waals surface area contributed by atoms with Crippen molar-refractivity contribution in [2.24, 2.45) is 0 Å². The van der Waals surface area contributed by atoms with Crippen molar-refractivity contribution in [1.82, 2.24) is 0 Å². The van der Waals surface area contributed by atoms with E-state index in [0.29, 0.717) is 30.9 Å². The van der Waals surface area contributed by atoms with Gasteiger partial charge in [0.15, 0.2) is 0 Å². The van der Waals surface area contributed by atoms with E-state index in [1.54, 1.807) is 12.1 Å². The van der Waals surface area contributed by atoms with Crippen LogP contribution in [0.2, 0.25) is 0 Å². The molecule has 0 aromatic carbocycles. The van der Waals surface area contributed by atoms with Gasteiger partial charge in [0.2, 0.25) is 0 Å². The van der Waals surface area contributed by atoms with Gasteiger partial charge in [-0.1, -0.05) is 12.8 Å². The molecule has 0 radical (unpaired) electrons. The lowest BCUT2D eigenvalue weighted by molar-refractivity contribution is 0.0592. The van der Waals surface area contributed by atoms with Gasteiger partial charge in [-0.2, -0.15) is 0 Å². The molecule has 0 spiro atoms. The number of carbonyl (C=O) groups excluding carboxylic acids is 4. The van der Waals surface area contributed by atoms with Crippen molar-refractivity contribution in [2.75, 3.05) is 24.9 Å². The minimum absolute atomic E-state index is 0.342. The maximum Gasteiger partial charge on any atom is 0.341 e. The molecule has 8 nitrogen and oxygen atoms in total. The van der Waals surface area contributed by atoms with Crippen molar-refractivity contribution < 1.29 is 28.7 Å². The third-order valence-electron chi connectivity index (χ3n) is 7.13. The van der Waals surface area contributed by atoms with Crippen LogP contribution in [-0.2, 0) is 35.2 Å². The van der Waals surface area contributed by atoms with Crippen molar-refractivity contribution in [1.29, 1.82) is 0 Å². The molecular weight excluding hydrogens is 557 g/mol. The van der Waals surface area contributed by atoms with Crippen LogP contribution in [0.25, 0.3) is 0 Å². The predicted molar refractivity (Wildman–Crippen MR) is 154 cm³/mol. The minimum atomic E-state index is -0.452. The largest absolute Gasteiger partial charge is 0.465 e. The van der Waals surface area contributed by atoms with Gasteiger partial charge < -0.3 is 20.1 Å². The van der Waals surface area contributed by atoms with E-state index in [0.717, 1.165) is 96.4 Å². The van der Waals surface area contributed by atoms with Crippen molar-refractivity contribution in [3.63, 3.8) is 0 Å². The van der Waals surface area contributed by atoms with Crippen LogP contribution in [-0.4, -0.2) is 38.0 Å². The van der Waals surface area contributed by atoms with Crippen LogP contribution in [0.4, 0.5) is 10.0 Å². The molecule has 5 rings (SSSR count). The summed E-state index contributed by atoms with van der Waals surface area (Å²) in [6.07, 6.45) is 9.64. The molecule has 3 aromatic rings. The first-order valence-corrected chi connectivity index (χ1v) is 15.5. The van der Waals surface area contributed by atoms with Crippen LogP contribution in [0.15, 0.2) is 12.1 Å². The molecule has 2 amide bonds. The Labute approximate surface area is 238 Å². The van der Waals surface area contributed by atoms with Crippen molar-refractivity contribution in [3.05, 3.63) is 53.9 Å². The fourth-order valence-corrected chi connectivity index (χ4v) is 8.55. The zero-order valence-corrected chi connectivity index (χ0v) is 24.3. The van der Waals surface area contributed by atoms with E-state index in [9.17, 15) is 19.2 Å². The lowest BCUT2D eigenvalue weighted by atomic mass is 10.1. The number of hydrogen-bond donors (Lipinski definition) is 2. The Balaban J connectivity index is 1.35. The molecule has 0 saturated heterocycles. The molecule has 0 bridgehead atoms. The van der Waals surface area contributed by atoms with E-state index in [2.05, 4.69) is 10.6 Å². The van der Waals surface area contributed by atoms with Gasteiger partial charge in [0, 0.05) is 9.75 Å². The molecular formula is C28H30N2O6S3. The summed E-state index contributed by atoms with van der Waals surface area (Å²) in [6.45, 7) is 0. The fourth-order valence-electron chi connectivity index (χ4n) is 5.21. The highest BCUT2D eigenvalue weighted by molar-refractivity contribution is 7.18. The van der Waals surface area contributed by atoms with Crippen LogP contribution in [0.3, 0.4) is 0 Å². The Kier molecular flexibility index (Phi) is 8.49. The van der Waals surface area contributed by atoms with E-state index in [4.69, 9.17) is 9.47 Å². The first-order chi connectivity index (χ1) is 18.9. The molecule has 3 heterocycles. The Bertz CT molecular complexity index is 1330. The fraction of sp³-hybridized carbons (Fsp3) is 0.429. The Morgan fingerprint density at radius 2 is 1.03 bits per heavy atom. The van der Waals surface area contributed by atoms with Crippen molar-refractivity contribution >= 4 is 67.8 Å². The third-order valence-corrected chi connectivity index (χ3v) is 10.6. The molecule has 0 fully saturated rings. The summed E-state index contributed by atoms with van der Waals surface area (Å²) in [7, 11) is 2.69. The Hall–Kier alpha value is -3.02. The molecule has 11 heteroatoms. The monoisotopic (exact) mass is 586 g/mol. The molecule has 0 unspecified atom stereocenters. The summed E-state index contributed by atoms with van der Waals surface area (Å²) in [6, 6.07) is 3.19. The van der Waals surface area contributed by atoms with Gasteiger partial charge in [0.1, 0.15) is 10.0 Å². The lowest BCUT2D eigenvalue weighted by Crippen LogP contribution is -2.14. The molecule has 0 saturated carbocycles. The number of rotatable bonds is 6. The zero-order chi connectivity index (χ0) is 27.5. The molecule has 2 aliphatic carbocycles. The van der Waals surface area contributed by atoms with Gasteiger partial charge in [-0.3, -0.25) is 9.59 Å². The average Bonchev–Trinajstić information content (AvgIpc) is 3.54. The smallest absolute Gasteiger partial charge is 0.341 e. The molecule has 3 aromatic heterocycles. The van der Waals surface area contributed by atoms with E-state index >= 15 is 0 Å². The van der Waals surface area contributed by atoms with E-state index in [1.165, 1.54) is 36.9 Å². The van der Waals surface area contributed by atoms with Crippen LogP contribution in [0.5, 0.6) is 0 Å².